The first-order valence-corrected chi connectivity index (χ1v) is 14.4. The van der Waals surface area contributed by atoms with E-state index in [0.717, 1.165) is 5.69 Å². The highest BCUT2D eigenvalue weighted by Crippen LogP contribution is 2.32. The molecule has 232 valence electrons. The molecule has 0 spiro atoms. The summed E-state index contributed by atoms with van der Waals surface area (Å²) in [6.07, 6.45) is -0.357. The lowest BCUT2D eigenvalue weighted by Crippen LogP contribution is -2.42. The molecule has 1 unspecified atom stereocenters. The fourth-order valence-corrected chi connectivity index (χ4v) is 5.58. The zero-order valence-corrected chi connectivity index (χ0v) is 26.2. The van der Waals surface area contributed by atoms with Crippen LogP contribution in [0.15, 0.2) is 41.2 Å². The molecule has 0 radical (unpaired) electrons. The van der Waals surface area contributed by atoms with Crippen molar-refractivity contribution in [2.45, 2.75) is 60.1 Å². The lowest BCUT2D eigenvalue weighted by atomic mass is 9.92. The minimum absolute atomic E-state index is 0.0156. The second-order valence-corrected chi connectivity index (χ2v) is 13.2. The lowest BCUT2D eigenvalue weighted by molar-refractivity contribution is -0.122. The number of ether oxygens (including phenoxy) is 2. The number of carbonyl (C=O) groups excluding carboxylic acids is 2. The van der Waals surface area contributed by atoms with Crippen LogP contribution in [0.1, 0.15) is 54.5 Å². The van der Waals surface area contributed by atoms with E-state index >= 15 is 0 Å². The highest BCUT2D eigenvalue weighted by atomic mass is 19.1. The normalized spacial score (nSPS) is 16.2. The van der Waals surface area contributed by atoms with E-state index in [-0.39, 0.29) is 29.0 Å². The summed E-state index contributed by atoms with van der Waals surface area (Å²) in [5, 5.41) is 0.313. The first-order valence-electron chi connectivity index (χ1n) is 14.4. The smallest absolute Gasteiger partial charge is 0.410 e. The SMILES string of the molecule is COc1cc(-c2nc3ccc(N4CCN(C(=O)OC(C)(C)C)CC(C)(C)C4)cc3c(=O)n2C(C(N)=O)C(C)C)ccc1F. The van der Waals surface area contributed by atoms with Crippen molar-refractivity contribution < 1.29 is 23.5 Å². The van der Waals surface area contributed by atoms with Crippen LogP contribution in [-0.2, 0) is 9.53 Å². The highest BCUT2D eigenvalue weighted by Gasteiger charge is 2.34. The predicted octanol–water partition coefficient (Wildman–Crippen LogP) is 4.98. The Morgan fingerprint density at radius 2 is 1.77 bits per heavy atom. The Labute approximate surface area is 251 Å². The lowest BCUT2D eigenvalue weighted by Gasteiger charge is -2.32. The number of nitrogens with two attached hydrogens (primary N) is 1. The van der Waals surface area contributed by atoms with Gasteiger partial charge in [-0.2, -0.15) is 0 Å². The van der Waals surface area contributed by atoms with Crippen molar-refractivity contribution in [3.05, 3.63) is 52.6 Å². The number of nitrogens with zero attached hydrogens (tertiary/aromatic N) is 4. The van der Waals surface area contributed by atoms with Crippen LogP contribution in [-0.4, -0.2) is 65.3 Å². The summed E-state index contributed by atoms with van der Waals surface area (Å²) in [5.41, 5.74) is 6.11. The number of anilines is 1. The Balaban J connectivity index is 1.83. The summed E-state index contributed by atoms with van der Waals surface area (Å²) < 4.78 is 26.4. The number of fused-ring (bicyclic) bond motifs is 1. The summed E-state index contributed by atoms with van der Waals surface area (Å²) in [6, 6.07) is 8.59. The van der Waals surface area contributed by atoms with Gasteiger partial charge in [-0.15, -0.1) is 0 Å². The molecule has 1 aromatic heterocycles. The minimum atomic E-state index is -1.00. The Bertz CT molecular complexity index is 1590. The van der Waals surface area contributed by atoms with E-state index in [1.165, 1.54) is 29.9 Å². The first kappa shape index (κ1) is 31.8. The number of rotatable bonds is 6. The number of hydrogen-bond acceptors (Lipinski definition) is 7. The van der Waals surface area contributed by atoms with Gasteiger partial charge in [0.25, 0.3) is 5.56 Å². The van der Waals surface area contributed by atoms with E-state index < -0.39 is 28.9 Å². The molecule has 1 saturated heterocycles. The van der Waals surface area contributed by atoms with E-state index in [1.807, 2.05) is 26.8 Å². The topological polar surface area (TPSA) is 120 Å². The van der Waals surface area contributed by atoms with E-state index in [1.54, 1.807) is 30.9 Å². The fraction of sp³-hybridized carbons (Fsp3) is 0.500. The van der Waals surface area contributed by atoms with Crippen LogP contribution in [0.25, 0.3) is 22.3 Å². The second kappa shape index (κ2) is 11.9. The van der Waals surface area contributed by atoms with Gasteiger partial charge >= 0.3 is 6.09 Å². The Hall–Kier alpha value is -4.15. The van der Waals surface area contributed by atoms with Gasteiger partial charge in [0.1, 0.15) is 17.5 Å². The largest absolute Gasteiger partial charge is 0.494 e. The van der Waals surface area contributed by atoms with Gasteiger partial charge in [-0.3, -0.25) is 14.2 Å². The summed E-state index contributed by atoms with van der Waals surface area (Å²) >= 11 is 0. The van der Waals surface area contributed by atoms with Crippen LogP contribution in [0, 0.1) is 17.2 Å². The summed E-state index contributed by atoms with van der Waals surface area (Å²) in [4.78, 5) is 48.5. The van der Waals surface area contributed by atoms with Gasteiger partial charge in [0.15, 0.2) is 11.6 Å². The third kappa shape index (κ3) is 6.92. The van der Waals surface area contributed by atoms with Crippen LogP contribution in [0.3, 0.4) is 0 Å². The predicted molar refractivity (Wildman–Crippen MR) is 165 cm³/mol. The molecular formula is C32H42FN5O5. The Morgan fingerprint density at radius 3 is 2.37 bits per heavy atom. The Morgan fingerprint density at radius 1 is 1.07 bits per heavy atom. The van der Waals surface area contributed by atoms with Crippen molar-refractivity contribution in [1.29, 1.82) is 0 Å². The van der Waals surface area contributed by atoms with Crippen molar-refractivity contribution in [2.75, 3.05) is 38.2 Å². The quantitative estimate of drug-likeness (QED) is 0.427. The third-order valence-corrected chi connectivity index (χ3v) is 7.39. The summed E-state index contributed by atoms with van der Waals surface area (Å²) in [6.45, 7) is 15.4. The fourth-order valence-electron chi connectivity index (χ4n) is 5.58. The highest BCUT2D eigenvalue weighted by molar-refractivity contribution is 5.85. The van der Waals surface area contributed by atoms with Gasteiger partial charge < -0.3 is 25.0 Å². The van der Waals surface area contributed by atoms with E-state index in [9.17, 15) is 18.8 Å². The molecule has 11 heteroatoms. The number of halogens is 1. The molecule has 0 saturated carbocycles. The molecule has 0 bridgehead atoms. The summed E-state index contributed by atoms with van der Waals surface area (Å²) in [5.74, 6) is -1.40. The third-order valence-electron chi connectivity index (χ3n) is 7.39. The van der Waals surface area contributed by atoms with Crippen LogP contribution < -0.4 is 20.9 Å². The number of methoxy groups -OCH3 is 1. The van der Waals surface area contributed by atoms with Crippen molar-refractivity contribution in [1.82, 2.24) is 14.5 Å². The average molecular weight is 596 g/mol. The van der Waals surface area contributed by atoms with Gasteiger partial charge in [0.2, 0.25) is 5.91 Å². The van der Waals surface area contributed by atoms with Crippen LogP contribution in [0.4, 0.5) is 14.9 Å². The van der Waals surface area contributed by atoms with Crippen molar-refractivity contribution >= 4 is 28.6 Å². The zero-order chi connectivity index (χ0) is 31.9. The number of aromatic nitrogens is 2. The number of amides is 2. The molecule has 1 aliphatic heterocycles. The molecule has 10 nitrogen and oxygen atoms in total. The zero-order valence-electron chi connectivity index (χ0n) is 26.2. The molecule has 1 fully saturated rings. The van der Waals surface area contributed by atoms with Gasteiger partial charge in [0.05, 0.1) is 18.0 Å². The standard InChI is InChI=1S/C32H42FN5O5/c1-19(2)26(27(34)39)38-28(20-9-11-23(33)25(15-20)42-8)35-24-12-10-21(16-22(24)29(38)40)36-13-14-37(18-32(6,7)17-36)30(41)43-31(3,4)5/h9-12,15-16,19,26H,13-14,17-18H2,1-8H3,(H2,34,39). The molecule has 2 amide bonds. The molecule has 2 heterocycles. The van der Waals surface area contributed by atoms with Crippen molar-refractivity contribution in [3.63, 3.8) is 0 Å². The number of benzene rings is 2. The van der Waals surface area contributed by atoms with E-state index in [2.05, 4.69) is 18.7 Å². The summed E-state index contributed by atoms with van der Waals surface area (Å²) in [7, 11) is 1.35. The molecule has 43 heavy (non-hydrogen) atoms. The van der Waals surface area contributed by atoms with Crippen molar-refractivity contribution in [3.8, 4) is 17.1 Å². The maximum absolute atomic E-state index is 14.3. The molecular weight excluding hydrogens is 553 g/mol. The van der Waals surface area contributed by atoms with Crippen LogP contribution in [0.5, 0.6) is 5.75 Å². The van der Waals surface area contributed by atoms with Crippen molar-refractivity contribution in [2.24, 2.45) is 17.1 Å². The Kier molecular flexibility index (Phi) is 8.76. The average Bonchev–Trinajstić information content (AvgIpc) is 3.07. The van der Waals surface area contributed by atoms with E-state index in [4.69, 9.17) is 20.2 Å². The van der Waals surface area contributed by atoms with Gasteiger partial charge in [0, 0.05) is 37.4 Å². The molecule has 3 aromatic rings. The first-order chi connectivity index (χ1) is 20.0. The van der Waals surface area contributed by atoms with Crippen LogP contribution >= 0.6 is 0 Å². The molecule has 2 aromatic carbocycles. The maximum Gasteiger partial charge on any atom is 0.410 e. The molecule has 1 aliphatic rings. The number of hydrogen-bond donors (Lipinski definition) is 1. The number of primary amides is 1. The molecule has 4 rings (SSSR count). The molecule has 0 aliphatic carbocycles. The molecule has 2 N–H and O–H groups in total. The van der Waals surface area contributed by atoms with E-state index in [0.29, 0.717) is 42.6 Å². The van der Waals surface area contributed by atoms with Crippen LogP contribution in [0.2, 0.25) is 0 Å². The van der Waals surface area contributed by atoms with Gasteiger partial charge in [-0.1, -0.05) is 27.7 Å². The maximum atomic E-state index is 14.3. The van der Waals surface area contributed by atoms with Gasteiger partial charge in [-0.25, -0.2) is 14.2 Å². The minimum Gasteiger partial charge on any atom is -0.494 e. The second-order valence-electron chi connectivity index (χ2n) is 13.2. The number of carbonyl (C=O) groups is 2. The molecule has 1 atom stereocenters. The monoisotopic (exact) mass is 595 g/mol. The van der Waals surface area contributed by atoms with Gasteiger partial charge in [-0.05, 0) is 68.5 Å².